The molecule has 0 aliphatic heterocycles. The molecule has 44 heavy (non-hydrogen) atoms. The number of alkyl carbamates (subject to hydrolysis) is 1. The first-order valence-corrected chi connectivity index (χ1v) is 15.1. The predicted octanol–water partition coefficient (Wildman–Crippen LogP) is 6.16. The number of hydrogen-bond acceptors (Lipinski definition) is 6. The Morgan fingerprint density at radius 2 is 1.55 bits per heavy atom. The quantitative estimate of drug-likeness (QED) is 0.242. The Morgan fingerprint density at radius 3 is 2.07 bits per heavy atom. The van der Waals surface area contributed by atoms with Crippen molar-refractivity contribution in [1.29, 1.82) is 0 Å². The second-order valence-corrected chi connectivity index (χ2v) is 12.1. The Bertz CT molecular complexity index is 1410. The minimum atomic E-state index is -1.03. The van der Waals surface area contributed by atoms with Crippen molar-refractivity contribution >= 4 is 23.6 Å². The van der Waals surface area contributed by atoms with Crippen molar-refractivity contribution in [1.82, 2.24) is 10.2 Å². The van der Waals surface area contributed by atoms with Crippen LogP contribution in [0.4, 0.5) is 10.5 Å². The molecule has 0 heterocycles. The molecule has 1 aliphatic carbocycles. The van der Waals surface area contributed by atoms with Crippen LogP contribution in [-0.2, 0) is 27.2 Å². The van der Waals surface area contributed by atoms with Crippen LogP contribution in [0.25, 0.3) is 0 Å². The van der Waals surface area contributed by atoms with Gasteiger partial charge in [0.05, 0.1) is 7.11 Å². The van der Waals surface area contributed by atoms with E-state index in [-0.39, 0.29) is 30.0 Å². The number of rotatable bonds is 11. The van der Waals surface area contributed by atoms with E-state index in [0.29, 0.717) is 17.0 Å². The fourth-order valence-electron chi connectivity index (χ4n) is 5.14. The summed E-state index contributed by atoms with van der Waals surface area (Å²) in [5.41, 5.74) is 2.32. The number of nitrogens with zero attached hydrogens (tertiary/aromatic N) is 1. The fraction of sp³-hybridized carbons (Fsp3) is 0.400. The Hall–Kier alpha value is -4.53. The topological polar surface area (TPSA) is 117 Å². The molecular weight excluding hydrogens is 558 g/mol. The van der Waals surface area contributed by atoms with Crippen LogP contribution < -0.4 is 15.4 Å². The van der Waals surface area contributed by atoms with Crippen molar-refractivity contribution in [3.8, 4) is 11.5 Å². The summed E-state index contributed by atoms with van der Waals surface area (Å²) in [6.45, 7) is 7.32. The van der Waals surface area contributed by atoms with Crippen molar-refractivity contribution in [2.24, 2.45) is 0 Å². The molecule has 0 saturated heterocycles. The standard InChI is InChI=1S/C35H43N3O6/c1-6-23-10-14-25(15-11-23)31(32(40)36-26-16-20-29(43-5)21-17-26)38(27-8-7-9-27)33(41)30(37-34(42)44-35(2,3)4)22-24-12-18-28(39)19-13-24/h10-21,27,30-31,39H,6-9,22H2,1-5H3,(H,36,40)(H,37,42). The van der Waals surface area contributed by atoms with E-state index in [1.807, 2.05) is 24.3 Å². The lowest BCUT2D eigenvalue weighted by molar-refractivity contribution is -0.145. The van der Waals surface area contributed by atoms with Gasteiger partial charge in [0.15, 0.2) is 0 Å². The highest BCUT2D eigenvalue weighted by Crippen LogP contribution is 2.35. The third kappa shape index (κ3) is 8.52. The van der Waals surface area contributed by atoms with Gasteiger partial charge < -0.3 is 30.1 Å². The molecule has 3 aromatic rings. The third-order valence-electron chi connectivity index (χ3n) is 7.68. The zero-order chi connectivity index (χ0) is 31.9. The van der Waals surface area contributed by atoms with Crippen LogP contribution in [0.3, 0.4) is 0 Å². The number of phenolic OH excluding ortho intramolecular Hbond substituents is 1. The molecule has 0 bridgehead atoms. The van der Waals surface area contributed by atoms with Crippen LogP contribution in [0.1, 0.15) is 69.7 Å². The average Bonchev–Trinajstić information content (AvgIpc) is 2.96. The first kappa shape index (κ1) is 32.4. The molecule has 0 radical (unpaired) electrons. The SMILES string of the molecule is CCc1ccc(C(C(=O)Nc2ccc(OC)cc2)N(C(=O)C(Cc2ccc(O)cc2)NC(=O)OC(C)(C)C)C2CCC2)cc1. The smallest absolute Gasteiger partial charge is 0.408 e. The summed E-state index contributed by atoms with van der Waals surface area (Å²) >= 11 is 0. The van der Waals surface area contributed by atoms with Gasteiger partial charge in [-0.1, -0.05) is 43.3 Å². The number of ether oxygens (including phenoxy) is 2. The van der Waals surface area contributed by atoms with E-state index in [9.17, 15) is 19.5 Å². The number of carbonyl (C=O) groups excluding carboxylic acids is 3. The maximum atomic E-state index is 14.6. The maximum Gasteiger partial charge on any atom is 0.408 e. The van der Waals surface area contributed by atoms with Crippen LogP contribution in [0.5, 0.6) is 11.5 Å². The second-order valence-electron chi connectivity index (χ2n) is 12.1. The molecule has 1 aliphatic rings. The molecular formula is C35H43N3O6. The number of benzene rings is 3. The largest absolute Gasteiger partial charge is 0.508 e. The lowest BCUT2D eigenvalue weighted by atomic mass is 9.87. The van der Waals surface area contributed by atoms with Crippen molar-refractivity contribution in [2.75, 3.05) is 12.4 Å². The Morgan fingerprint density at radius 1 is 0.932 bits per heavy atom. The van der Waals surface area contributed by atoms with Gasteiger partial charge in [0.1, 0.15) is 29.2 Å². The summed E-state index contributed by atoms with van der Waals surface area (Å²) in [5, 5.41) is 15.6. The molecule has 0 aromatic heterocycles. The number of aromatic hydroxyl groups is 1. The van der Waals surface area contributed by atoms with Gasteiger partial charge >= 0.3 is 6.09 Å². The van der Waals surface area contributed by atoms with Gasteiger partial charge in [-0.3, -0.25) is 9.59 Å². The van der Waals surface area contributed by atoms with Crippen LogP contribution in [0, 0.1) is 0 Å². The number of hydrogen-bond donors (Lipinski definition) is 3. The van der Waals surface area contributed by atoms with Crippen molar-refractivity contribution in [2.45, 2.75) is 83.5 Å². The normalized spacial score (nSPS) is 14.5. The molecule has 3 N–H and O–H groups in total. The third-order valence-corrected chi connectivity index (χ3v) is 7.68. The summed E-state index contributed by atoms with van der Waals surface area (Å²) in [5.74, 6) is 0.00767. The first-order valence-electron chi connectivity index (χ1n) is 15.1. The van der Waals surface area contributed by atoms with Crippen molar-refractivity contribution in [3.63, 3.8) is 0 Å². The number of aryl methyl sites for hydroxylation is 1. The van der Waals surface area contributed by atoms with Crippen LogP contribution in [0.15, 0.2) is 72.8 Å². The van der Waals surface area contributed by atoms with E-state index in [2.05, 4.69) is 17.6 Å². The highest BCUT2D eigenvalue weighted by Gasteiger charge is 2.42. The molecule has 1 fully saturated rings. The monoisotopic (exact) mass is 601 g/mol. The van der Waals surface area contributed by atoms with Crippen LogP contribution in [-0.4, -0.2) is 52.7 Å². The van der Waals surface area contributed by atoms with Gasteiger partial charge in [0, 0.05) is 18.2 Å². The number of phenols is 1. The number of carbonyl (C=O) groups is 3. The lowest BCUT2D eigenvalue weighted by Crippen LogP contribution is -2.57. The Balaban J connectivity index is 1.74. The molecule has 2 unspecified atom stereocenters. The maximum absolute atomic E-state index is 14.6. The summed E-state index contributed by atoms with van der Waals surface area (Å²) in [6.07, 6.45) is 2.66. The highest BCUT2D eigenvalue weighted by atomic mass is 16.6. The second kappa shape index (κ2) is 14.3. The van der Waals surface area contributed by atoms with Gasteiger partial charge in [0.2, 0.25) is 5.91 Å². The summed E-state index contributed by atoms with van der Waals surface area (Å²) < 4.78 is 10.8. The summed E-state index contributed by atoms with van der Waals surface area (Å²) in [6, 6.07) is 19.1. The molecule has 234 valence electrons. The summed E-state index contributed by atoms with van der Waals surface area (Å²) in [7, 11) is 1.57. The van der Waals surface area contributed by atoms with Gasteiger partial charge in [-0.05, 0) is 99.5 Å². The number of methoxy groups -OCH3 is 1. The molecule has 0 spiro atoms. The van der Waals surface area contributed by atoms with E-state index in [1.165, 1.54) is 12.1 Å². The van der Waals surface area contributed by atoms with E-state index >= 15 is 0 Å². The minimum Gasteiger partial charge on any atom is -0.508 e. The summed E-state index contributed by atoms with van der Waals surface area (Å²) in [4.78, 5) is 43.4. The lowest BCUT2D eigenvalue weighted by Gasteiger charge is -2.43. The molecule has 2 atom stereocenters. The average molecular weight is 602 g/mol. The first-order chi connectivity index (χ1) is 21.0. The zero-order valence-corrected chi connectivity index (χ0v) is 26.1. The minimum absolute atomic E-state index is 0.0959. The molecule has 4 rings (SSSR count). The Labute approximate surface area is 259 Å². The number of amides is 3. The number of nitrogens with one attached hydrogen (secondary N) is 2. The van der Waals surface area contributed by atoms with Gasteiger partial charge in [-0.2, -0.15) is 0 Å². The van der Waals surface area contributed by atoms with Crippen molar-refractivity contribution in [3.05, 3.63) is 89.5 Å². The molecule has 3 amide bonds. The van der Waals surface area contributed by atoms with E-state index < -0.39 is 23.8 Å². The van der Waals surface area contributed by atoms with Gasteiger partial charge in [-0.15, -0.1) is 0 Å². The van der Waals surface area contributed by atoms with Gasteiger partial charge in [-0.25, -0.2) is 4.79 Å². The molecule has 3 aromatic carbocycles. The fourth-order valence-corrected chi connectivity index (χ4v) is 5.14. The van der Waals surface area contributed by atoms with Gasteiger partial charge in [0.25, 0.3) is 5.91 Å². The molecule has 9 heteroatoms. The number of anilines is 1. The van der Waals surface area contributed by atoms with Crippen LogP contribution in [0.2, 0.25) is 0 Å². The van der Waals surface area contributed by atoms with E-state index in [1.54, 1.807) is 69.2 Å². The predicted molar refractivity (Wildman–Crippen MR) is 170 cm³/mol. The van der Waals surface area contributed by atoms with Crippen LogP contribution >= 0.6 is 0 Å². The molecule has 9 nitrogen and oxygen atoms in total. The molecule has 1 saturated carbocycles. The zero-order valence-electron chi connectivity index (χ0n) is 26.1. The van der Waals surface area contributed by atoms with E-state index in [0.717, 1.165) is 36.8 Å². The highest BCUT2D eigenvalue weighted by molar-refractivity contribution is 5.99. The Kier molecular flexibility index (Phi) is 10.5. The van der Waals surface area contributed by atoms with E-state index in [4.69, 9.17) is 9.47 Å². The van der Waals surface area contributed by atoms with Crippen molar-refractivity contribution < 1.29 is 29.0 Å².